The van der Waals surface area contributed by atoms with Crippen molar-refractivity contribution in [2.24, 2.45) is 5.92 Å². The summed E-state index contributed by atoms with van der Waals surface area (Å²) in [6.07, 6.45) is 3.90. The van der Waals surface area contributed by atoms with Crippen LogP contribution in [0, 0.1) is 5.92 Å². The van der Waals surface area contributed by atoms with Crippen LogP contribution >= 0.6 is 0 Å². The largest absolute Gasteiger partial charge is 0.444 e. The van der Waals surface area contributed by atoms with Crippen LogP contribution < -0.4 is 0 Å². The van der Waals surface area contributed by atoms with Crippen LogP contribution in [0.1, 0.15) is 52.9 Å². The topological polar surface area (TPSA) is 49.8 Å². The molecule has 1 rings (SSSR count). The second kappa shape index (κ2) is 6.88. The molecule has 20 heavy (non-hydrogen) atoms. The van der Waals surface area contributed by atoms with E-state index >= 15 is 0 Å². The summed E-state index contributed by atoms with van der Waals surface area (Å²) in [6.45, 7) is 7.08. The van der Waals surface area contributed by atoms with Gasteiger partial charge >= 0.3 is 6.09 Å². The molecule has 1 N–H and O–H groups in total. The van der Waals surface area contributed by atoms with E-state index in [9.17, 15) is 9.90 Å². The zero-order valence-corrected chi connectivity index (χ0v) is 12.9. The summed E-state index contributed by atoms with van der Waals surface area (Å²) >= 11 is 0. The van der Waals surface area contributed by atoms with Crippen LogP contribution in [0.25, 0.3) is 0 Å². The van der Waals surface area contributed by atoms with Crippen LogP contribution in [0.3, 0.4) is 0 Å². The summed E-state index contributed by atoms with van der Waals surface area (Å²) in [5.74, 6) is 0.566. The van der Waals surface area contributed by atoms with Crippen molar-refractivity contribution < 1.29 is 14.6 Å². The minimum absolute atomic E-state index is 0.228. The molecule has 0 aromatic heterocycles. The zero-order valence-electron chi connectivity index (χ0n) is 12.9. The molecule has 0 unspecified atom stereocenters. The molecule has 1 aliphatic heterocycles. The maximum Gasteiger partial charge on any atom is 0.410 e. The minimum Gasteiger partial charge on any atom is -0.444 e. The van der Waals surface area contributed by atoms with E-state index in [1.54, 1.807) is 4.90 Å². The number of carbonyl (C=O) groups is 1. The minimum atomic E-state index is -1.56. The van der Waals surface area contributed by atoms with Gasteiger partial charge in [-0.15, -0.1) is 0 Å². The molecule has 0 saturated carbocycles. The highest BCUT2D eigenvalue weighted by atomic mass is 16.6. The molecule has 1 aliphatic rings. The SMILES string of the molecule is [B]C([B])(O)CCCC1CCN(C(=O)OC(C)(C)C)CC1. The van der Waals surface area contributed by atoms with E-state index in [-0.39, 0.29) is 6.09 Å². The molecule has 0 aromatic carbocycles. The van der Waals surface area contributed by atoms with Crippen molar-refractivity contribution in [3.05, 3.63) is 0 Å². The summed E-state index contributed by atoms with van der Waals surface area (Å²) in [5, 5.41) is 7.70. The number of ether oxygens (including phenoxy) is 1. The lowest BCUT2D eigenvalue weighted by molar-refractivity contribution is 0.0180. The number of nitrogens with zero attached hydrogens (tertiary/aromatic N) is 1. The summed E-state index contributed by atoms with van der Waals surface area (Å²) in [7, 11) is 10.7. The van der Waals surface area contributed by atoms with Crippen molar-refractivity contribution in [2.45, 2.75) is 63.9 Å². The highest BCUT2D eigenvalue weighted by Gasteiger charge is 2.26. The lowest BCUT2D eigenvalue weighted by Gasteiger charge is -2.33. The van der Waals surface area contributed by atoms with Crippen molar-refractivity contribution in [3.63, 3.8) is 0 Å². The first-order valence-corrected chi connectivity index (χ1v) is 7.35. The highest BCUT2D eigenvalue weighted by Crippen LogP contribution is 2.24. The highest BCUT2D eigenvalue weighted by molar-refractivity contribution is 6.38. The van der Waals surface area contributed by atoms with E-state index in [1.807, 2.05) is 20.8 Å². The third kappa shape index (κ3) is 7.22. The average molecular weight is 277 g/mol. The van der Waals surface area contributed by atoms with E-state index in [0.29, 0.717) is 12.3 Å². The van der Waals surface area contributed by atoms with Gasteiger partial charge in [-0.2, -0.15) is 0 Å². The Hall–Kier alpha value is -0.640. The molecule has 0 atom stereocenters. The van der Waals surface area contributed by atoms with Gasteiger partial charge < -0.3 is 14.7 Å². The molecule has 1 fully saturated rings. The molecule has 4 radical (unpaired) electrons. The van der Waals surface area contributed by atoms with Gasteiger partial charge in [-0.05, 0) is 51.4 Å². The van der Waals surface area contributed by atoms with Crippen molar-refractivity contribution in [3.8, 4) is 0 Å². The number of aliphatic hydroxyl groups is 1. The van der Waals surface area contributed by atoms with Crippen LogP contribution in [0.15, 0.2) is 0 Å². The monoisotopic (exact) mass is 277 g/mol. The number of piperidine rings is 1. The first-order valence-electron chi connectivity index (χ1n) is 7.35. The Kier molecular flexibility index (Phi) is 5.99. The maximum atomic E-state index is 11.9. The Morgan fingerprint density at radius 1 is 1.30 bits per heavy atom. The second-order valence-corrected chi connectivity index (χ2v) is 6.79. The lowest BCUT2D eigenvalue weighted by Crippen LogP contribution is -2.41. The van der Waals surface area contributed by atoms with Crippen LogP contribution in [-0.2, 0) is 4.74 Å². The molecule has 1 heterocycles. The van der Waals surface area contributed by atoms with Crippen LogP contribution in [0.2, 0.25) is 0 Å². The summed E-state index contributed by atoms with van der Waals surface area (Å²) < 4.78 is 5.36. The predicted molar refractivity (Wildman–Crippen MR) is 80.8 cm³/mol. The van der Waals surface area contributed by atoms with E-state index in [4.69, 9.17) is 20.4 Å². The molecule has 0 aromatic rings. The fourth-order valence-electron chi connectivity index (χ4n) is 2.40. The number of rotatable bonds is 4. The number of likely N-dealkylation sites (tertiary alicyclic amines) is 1. The summed E-state index contributed by atoms with van der Waals surface area (Å²) in [4.78, 5) is 13.7. The van der Waals surface area contributed by atoms with Crippen LogP contribution in [0.4, 0.5) is 4.79 Å². The molecule has 6 heteroatoms. The molecule has 0 bridgehead atoms. The van der Waals surface area contributed by atoms with Gasteiger partial charge in [0.25, 0.3) is 0 Å². The lowest BCUT2D eigenvalue weighted by atomic mass is 9.62. The number of hydrogen-bond acceptors (Lipinski definition) is 3. The number of carbonyl (C=O) groups excluding carboxylic acids is 1. The van der Waals surface area contributed by atoms with Crippen molar-refractivity contribution in [1.29, 1.82) is 0 Å². The Morgan fingerprint density at radius 2 is 1.85 bits per heavy atom. The van der Waals surface area contributed by atoms with E-state index in [1.165, 1.54) is 0 Å². The van der Waals surface area contributed by atoms with Crippen molar-refractivity contribution in [1.82, 2.24) is 4.90 Å². The van der Waals surface area contributed by atoms with Crippen LogP contribution in [0.5, 0.6) is 0 Å². The third-order valence-electron chi connectivity index (χ3n) is 3.46. The quantitative estimate of drug-likeness (QED) is 0.797. The Labute approximate surface area is 125 Å². The van der Waals surface area contributed by atoms with Gasteiger partial charge in [0.15, 0.2) is 0 Å². The second-order valence-electron chi connectivity index (χ2n) is 6.79. The predicted octanol–water partition coefficient (Wildman–Crippen LogP) is 1.79. The van der Waals surface area contributed by atoms with Crippen LogP contribution in [-0.4, -0.2) is 55.9 Å². The Bertz CT molecular complexity index is 315. The first-order chi connectivity index (χ1) is 9.07. The number of hydrogen-bond donors (Lipinski definition) is 1. The average Bonchev–Trinajstić information content (AvgIpc) is 2.25. The van der Waals surface area contributed by atoms with E-state index in [2.05, 4.69) is 0 Å². The molecule has 0 spiro atoms. The summed E-state index contributed by atoms with van der Waals surface area (Å²) in [5.41, 5.74) is -0.444. The van der Waals surface area contributed by atoms with Gasteiger partial charge in [-0.1, -0.05) is 12.8 Å². The van der Waals surface area contributed by atoms with Gasteiger partial charge in [0, 0.05) is 13.1 Å². The standard InChI is InChI=1S/C14H25B2NO3/c1-13(2,3)20-12(18)17-9-6-11(7-10-17)5-4-8-14(15,16)19/h11,19H,4-10H2,1-3H3. The summed E-state index contributed by atoms with van der Waals surface area (Å²) in [6, 6.07) is 0. The molecule has 4 nitrogen and oxygen atoms in total. The zero-order chi connectivity index (χ0) is 15.4. The normalized spacial score (nSPS) is 18.1. The smallest absolute Gasteiger partial charge is 0.410 e. The van der Waals surface area contributed by atoms with Gasteiger partial charge in [0.1, 0.15) is 5.60 Å². The van der Waals surface area contributed by atoms with Gasteiger partial charge in [0.2, 0.25) is 0 Å². The van der Waals surface area contributed by atoms with E-state index < -0.39 is 11.0 Å². The Morgan fingerprint density at radius 3 is 2.30 bits per heavy atom. The van der Waals surface area contributed by atoms with Gasteiger partial charge in [-0.25, -0.2) is 4.79 Å². The molecular formula is C14H25B2NO3. The third-order valence-corrected chi connectivity index (χ3v) is 3.46. The molecule has 1 saturated heterocycles. The fourth-order valence-corrected chi connectivity index (χ4v) is 2.40. The molecule has 1 amide bonds. The molecule has 110 valence electrons. The van der Waals surface area contributed by atoms with Crippen molar-refractivity contribution >= 4 is 21.8 Å². The first kappa shape index (κ1) is 17.4. The van der Waals surface area contributed by atoms with E-state index in [0.717, 1.165) is 38.8 Å². The van der Waals surface area contributed by atoms with Crippen molar-refractivity contribution in [2.75, 3.05) is 13.1 Å². The van der Waals surface area contributed by atoms with Gasteiger partial charge in [0.05, 0.1) is 15.7 Å². The molecular weight excluding hydrogens is 252 g/mol. The molecule has 0 aliphatic carbocycles. The maximum absolute atomic E-state index is 11.9. The van der Waals surface area contributed by atoms with Gasteiger partial charge in [-0.3, -0.25) is 0 Å². The number of amides is 1. The fraction of sp³-hybridized carbons (Fsp3) is 0.929. The Balaban J connectivity index is 2.25.